The van der Waals surface area contributed by atoms with Crippen molar-refractivity contribution >= 4 is 34.6 Å². The molecule has 24 heavy (non-hydrogen) atoms. The highest BCUT2D eigenvalue weighted by Gasteiger charge is 2.24. The summed E-state index contributed by atoms with van der Waals surface area (Å²) in [5, 5.41) is 3.17. The van der Waals surface area contributed by atoms with Crippen LogP contribution in [0.15, 0.2) is 58.4 Å². The molecule has 1 aliphatic heterocycles. The Hall–Kier alpha value is -2.60. The van der Waals surface area contributed by atoms with Gasteiger partial charge in [-0.25, -0.2) is 9.38 Å². The quantitative estimate of drug-likeness (QED) is 0.851. The molecular weight excluding hydrogens is 327 g/mol. The van der Waals surface area contributed by atoms with Crippen molar-refractivity contribution in [2.45, 2.75) is 6.92 Å². The van der Waals surface area contributed by atoms with Crippen molar-refractivity contribution in [2.75, 3.05) is 6.61 Å². The molecule has 1 fully saturated rings. The Bertz CT molecular complexity index is 816. The highest BCUT2D eigenvalue weighted by molar-refractivity contribution is 8.18. The maximum Gasteiger partial charge on any atom is 0.264 e. The molecule has 122 valence electrons. The van der Waals surface area contributed by atoms with Gasteiger partial charge in [-0.05, 0) is 55.1 Å². The lowest BCUT2D eigenvalue weighted by Gasteiger charge is -2.06. The highest BCUT2D eigenvalue weighted by Crippen LogP contribution is 2.30. The van der Waals surface area contributed by atoms with E-state index in [9.17, 15) is 9.18 Å². The molecule has 1 N–H and O–H groups in total. The molecule has 0 radical (unpaired) electrons. The van der Waals surface area contributed by atoms with Crippen LogP contribution in [0.5, 0.6) is 5.75 Å². The highest BCUT2D eigenvalue weighted by atomic mass is 32.2. The molecule has 1 amide bonds. The van der Waals surface area contributed by atoms with Gasteiger partial charge in [-0.1, -0.05) is 18.2 Å². The molecule has 1 aliphatic rings. The van der Waals surface area contributed by atoms with Crippen molar-refractivity contribution in [3.63, 3.8) is 0 Å². The van der Waals surface area contributed by atoms with E-state index in [1.165, 1.54) is 23.9 Å². The number of nitrogens with zero attached hydrogens (tertiary/aromatic N) is 1. The Labute approximate surface area is 143 Å². The molecule has 0 bridgehead atoms. The van der Waals surface area contributed by atoms with Gasteiger partial charge < -0.3 is 10.1 Å². The third-order valence-electron chi connectivity index (χ3n) is 3.21. The van der Waals surface area contributed by atoms with Crippen molar-refractivity contribution in [3.05, 3.63) is 64.8 Å². The molecule has 2 aromatic carbocycles. The molecule has 0 aromatic heterocycles. The number of halogens is 1. The topological polar surface area (TPSA) is 50.7 Å². The number of thioether (sulfide) groups is 1. The molecule has 1 heterocycles. The van der Waals surface area contributed by atoms with E-state index in [2.05, 4.69) is 10.3 Å². The first-order valence-electron chi connectivity index (χ1n) is 7.42. The van der Waals surface area contributed by atoms with Crippen LogP contribution in [0.2, 0.25) is 0 Å². The zero-order valence-corrected chi connectivity index (χ0v) is 13.8. The van der Waals surface area contributed by atoms with E-state index < -0.39 is 0 Å². The van der Waals surface area contributed by atoms with Crippen LogP contribution in [0.4, 0.5) is 10.1 Å². The van der Waals surface area contributed by atoms with Crippen molar-refractivity contribution < 1.29 is 13.9 Å². The maximum atomic E-state index is 12.9. The van der Waals surface area contributed by atoms with Crippen LogP contribution in [0, 0.1) is 5.82 Å². The van der Waals surface area contributed by atoms with E-state index in [4.69, 9.17) is 4.74 Å². The first-order chi connectivity index (χ1) is 11.7. The Kier molecular flexibility index (Phi) is 4.96. The number of benzene rings is 2. The minimum atomic E-state index is -0.324. The number of nitrogens with one attached hydrogen (secondary N) is 1. The summed E-state index contributed by atoms with van der Waals surface area (Å²) >= 11 is 1.24. The summed E-state index contributed by atoms with van der Waals surface area (Å²) in [5.74, 6) is 0.187. The summed E-state index contributed by atoms with van der Waals surface area (Å²) in [5.41, 5.74) is 1.41. The molecule has 0 unspecified atom stereocenters. The zero-order valence-electron chi connectivity index (χ0n) is 13.0. The summed E-state index contributed by atoms with van der Waals surface area (Å²) in [4.78, 5) is 17.0. The van der Waals surface area contributed by atoms with Gasteiger partial charge in [-0.15, -0.1) is 0 Å². The Morgan fingerprint density at radius 1 is 1.21 bits per heavy atom. The molecule has 4 nitrogen and oxygen atoms in total. The number of amides is 1. The molecule has 0 saturated carbocycles. The molecule has 2 aromatic rings. The van der Waals surface area contributed by atoms with E-state index in [1.54, 1.807) is 18.2 Å². The lowest BCUT2D eigenvalue weighted by atomic mass is 10.2. The van der Waals surface area contributed by atoms with Crippen LogP contribution < -0.4 is 10.1 Å². The SMILES string of the molecule is CCOc1ccccc1/C=C1/SC(=Nc2ccc(F)cc2)NC1=O. The number of aliphatic imine (C=N–C) groups is 1. The van der Waals surface area contributed by atoms with Crippen LogP contribution in [-0.4, -0.2) is 17.7 Å². The van der Waals surface area contributed by atoms with Crippen LogP contribution in [0.25, 0.3) is 6.08 Å². The van der Waals surface area contributed by atoms with E-state index in [0.29, 0.717) is 22.4 Å². The number of hydrogen-bond acceptors (Lipinski definition) is 4. The second-order valence-corrected chi connectivity index (χ2v) is 5.96. The van der Waals surface area contributed by atoms with E-state index in [-0.39, 0.29) is 11.7 Å². The van der Waals surface area contributed by atoms with Crippen LogP contribution in [0.3, 0.4) is 0 Å². The summed E-state index contributed by atoms with van der Waals surface area (Å²) < 4.78 is 18.5. The van der Waals surface area contributed by atoms with Gasteiger partial charge in [0.05, 0.1) is 17.2 Å². The number of amidine groups is 1. The fourth-order valence-electron chi connectivity index (χ4n) is 2.14. The fraction of sp³-hybridized carbons (Fsp3) is 0.111. The monoisotopic (exact) mass is 342 g/mol. The largest absolute Gasteiger partial charge is 0.493 e. The number of carbonyl (C=O) groups is 1. The van der Waals surface area contributed by atoms with Crippen molar-refractivity contribution in [3.8, 4) is 5.75 Å². The standard InChI is InChI=1S/C18H15FN2O2S/c1-2-23-15-6-4-3-5-12(15)11-16-17(22)21-18(24-16)20-14-9-7-13(19)8-10-14/h3-11H,2H2,1H3,(H,20,21,22)/b16-11+. The minimum Gasteiger partial charge on any atom is -0.493 e. The van der Waals surface area contributed by atoms with Gasteiger partial charge in [0, 0.05) is 5.56 Å². The first kappa shape index (κ1) is 16.3. The molecular formula is C18H15FN2O2S. The van der Waals surface area contributed by atoms with Crippen molar-refractivity contribution in [1.29, 1.82) is 0 Å². The first-order valence-corrected chi connectivity index (χ1v) is 8.24. The van der Waals surface area contributed by atoms with Crippen LogP contribution in [0.1, 0.15) is 12.5 Å². The second-order valence-electron chi connectivity index (χ2n) is 4.93. The predicted octanol–water partition coefficient (Wildman–Crippen LogP) is 4.12. The molecule has 6 heteroatoms. The zero-order chi connectivity index (χ0) is 16.9. The number of ether oxygens (including phenoxy) is 1. The van der Waals surface area contributed by atoms with E-state index in [0.717, 1.165) is 11.3 Å². The number of rotatable bonds is 4. The minimum absolute atomic E-state index is 0.216. The van der Waals surface area contributed by atoms with E-state index >= 15 is 0 Å². The fourth-order valence-corrected chi connectivity index (χ4v) is 2.97. The van der Waals surface area contributed by atoms with Gasteiger partial charge >= 0.3 is 0 Å². The van der Waals surface area contributed by atoms with Crippen molar-refractivity contribution in [1.82, 2.24) is 5.32 Å². The summed E-state index contributed by atoms with van der Waals surface area (Å²) in [6, 6.07) is 13.3. The third kappa shape index (κ3) is 3.83. The number of para-hydroxylation sites is 1. The van der Waals surface area contributed by atoms with Crippen LogP contribution in [-0.2, 0) is 4.79 Å². The van der Waals surface area contributed by atoms with E-state index in [1.807, 2.05) is 31.2 Å². The lowest BCUT2D eigenvalue weighted by molar-refractivity contribution is -0.115. The predicted molar refractivity (Wildman–Crippen MR) is 94.8 cm³/mol. The van der Waals surface area contributed by atoms with Gasteiger partial charge in [0.25, 0.3) is 5.91 Å². The Morgan fingerprint density at radius 2 is 1.96 bits per heavy atom. The van der Waals surface area contributed by atoms with Gasteiger partial charge in [-0.3, -0.25) is 4.79 Å². The third-order valence-corrected chi connectivity index (χ3v) is 4.12. The summed E-state index contributed by atoms with van der Waals surface area (Å²) in [6.45, 7) is 2.46. The molecule has 1 saturated heterocycles. The molecule has 3 rings (SSSR count). The average Bonchev–Trinajstić information content (AvgIpc) is 2.91. The normalized spacial score (nSPS) is 17.3. The van der Waals surface area contributed by atoms with Crippen LogP contribution >= 0.6 is 11.8 Å². The summed E-state index contributed by atoms with van der Waals surface area (Å²) in [6.07, 6.45) is 1.78. The smallest absolute Gasteiger partial charge is 0.264 e. The van der Waals surface area contributed by atoms with Gasteiger partial charge in [-0.2, -0.15) is 0 Å². The number of carbonyl (C=O) groups excluding carboxylic acids is 1. The Morgan fingerprint density at radius 3 is 2.71 bits per heavy atom. The number of hydrogen-bond donors (Lipinski definition) is 1. The molecule has 0 spiro atoms. The summed E-state index contributed by atoms with van der Waals surface area (Å²) in [7, 11) is 0. The van der Waals surface area contributed by atoms with Gasteiger partial charge in [0.15, 0.2) is 5.17 Å². The van der Waals surface area contributed by atoms with Gasteiger partial charge in [0.2, 0.25) is 0 Å². The molecule has 0 atom stereocenters. The average molecular weight is 342 g/mol. The lowest BCUT2D eigenvalue weighted by Crippen LogP contribution is -2.19. The van der Waals surface area contributed by atoms with Crippen molar-refractivity contribution in [2.24, 2.45) is 4.99 Å². The second kappa shape index (κ2) is 7.31. The molecule has 0 aliphatic carbocycles. The van der Waals surface area contributed by atoms with Gasteiger partial charge in [0.1, 0.15) is 11.6 Å². The maximum absolute atomic E-state index is 12.9. The Balaban J connectivity index is 1.83.